The van der Waals surface area contributed by atoms with E-state index in [0.717, 1.165) is 25.7 Å². The Balaban J connectivity index is 2.09. The summed E-state index contributed by atoms with van der Waals surface area (Å²) in [5, 5.41) is 16.4. The third kappa shape index (κ3) is 2.95. The van der Waals surface area contributed by atoms with Gasteiger partial charge in [-0.25, -0.2) is 0 Å². The Morgan fingerprint density at radius 1 is 1.53 bits per heavy atom. The van der Waals surface area contributed by atoms with Crippen LogP contribution >= 0.6 is 0 Å². The van der Waals surface area contributed by atoms with Crippen LogP contribution in [0.2, 0.25) is 0 Å². The molecule has 19 heavy (non-hydrogen) atoms. The van der Waals surface area contributed by atoms with E-state index in [0.29, 0.717) is 5.69 Å². The molecule has 0 aliphatic heterocycles. The van der Waals surface area contributed by atoms with E-state index in [9.17, 15) is 10.1 Å². The number of amides is 1. The first-order valence-corrected chi connectivity index (χ1v) is 6.78. The number of hydrogen-bond acceptors (Lipinski definition) is 3. The molecule has 0 bridgehead atoms. The molecular weight excluding hydrogens is 240 g/mol. The first-order chi connectivity index (χ1) is 9.05. The average molecular weight is 260 g/mol. The number of rotatable bonds is 3. The number of aromatic nitrogens is 2. The molecule has 1 aliphatic carbocycles. The molecule has 1 saturated carbocycles. The minimum Gasteiger partial charge on any atom is -0.332 e. The molecule has 0 radical (unpaired) electrons. The molecule has 1 aromatic rings. The van der Waals surface area contributed by atoms with E-state index in [-0.39, 0.29) is 11.8 Å². The van der Waals surface area contributed by atoms with E-state index in [1.807, 2.05) is 6.92 Å². The third-order valence-corrected chi connectivity index (χ3v) is 3.97. The molecule has 0 unspecified atom stereocenters. The van der Waals surface area contributed by atoms with Gasteiger partial charge in [-0.15, -0.1) is 0 Å². The quantitative estimate of drug-likeness (QED) is 0.903. The van der Waals surface area contributed by atoms with Gasteiger partial charge < -0.3 is 5.32 Å². The Morgan fingerprint density at radius 2 is 2.21 bits per heavy atom. The summed E-state index contributed by atoms with van der Waals surface area (Å²) in [4.78, 5) is 12.1. The van der Waals surface area contributed by atoms with Crippen LogP contribution in [0, 0.1) is 17.2 Å². The molecular formula is C14H20N4O. The fourth-order valence-electron chi connectivity index (χ4n) is 2.74. The normalized spacial score (nSPS) is 19.4. The lowest BCUT2D eigenvalue weighted by Crippen LogP contribution is -2.51. The second kappa shape index (κ2) is 5.43. The maximum absolute atomic E-state index is 12.1. The zero-order chi connectivity index (χ0) is 13.9. The van der Waals surface area contributed by atoms with Crippen molar-refractivity contribution in [1.82, 2.24) is 15.1 Å². The van der Waals surface area contributed by atoms with Crippen LogP contribution in [0.15, 0.2) is 12.3 Å². The van der Waals surface area contributed by atoms with E-state index in [1.165, 1.54) is 6.42 Å². The summed E-state index contributed by atoms with van der Waals surface area (Å²) in [6, 6.07) is 3.95. The summed E-state index contributed by atoms with van der Waals surface area (Å²) in [5.41, 5.74) is -0.436. The molecule has 0 saturated heterocycles. The third-order valence-electron chi connectivity index (χ3n) is 3.97. The molecule has 1 aliphatic rings. The van der Waals surface area contributed by atoms with E-state index in [4.69, 9.17) is 0 Å². The molecule has 5 heteroatoms. The number of carbonyl (C=O) groups is 1. The summed E-state index contributed by atoms with van der Waals surface area (Å²) in [5.74, 6) is -0.0332. The van der Waals surface area contributed by atoms with Gasteiger partial charge in [-0.3, -0.25) is 9.48 Å². The Bertz CT molecular complexity index is 496. The molecule has 1 atom stereocenters. The molecule has 2 rings (SSSR count). The highest BCUT2D eigenvalue weighted by molar-refractivity contribution is 5.92. The zero-order valence-corrected chi connectivity index (χ0v) is 11.5. The summed E-state index contributed by atoms with van der Waals surface area (Å²) < 4.78 is 1.58. The van der Waals surface area contributed by atoms with Crippen molar-refractivity contribution in [2.75, 3.05) is 0 Å². The highest BCUT2D eigenvalue weighted by Crippen LogP contribution is 2.32. The van der Waals surface area contributed by atoms with Gasteiger partial charge in [-0.05, 0) is 31.7 Å². The van der Waals surface area contributed by atoms with Gasteiger partial charge in [0.1, 0.15) is 11.2 Å². The van der Waals surface area contributed by atoms with Crippen molar-refractivity contribution in [3.63, 3.8) is 0 Å². The lowest BCUT2D eigenvalue weighted by atomic mass is 9.76. The average Bonchev–Trinajstić information content (AvgIpc) is 2.86. The maximum atomic E-state index is 12.1. The van der Waals surface area contributed by atoms with Crippen LogP contribution in [-0.4, -0.2) is 21.2 Å². The summed E-state index contributed by atoms with van der Waals surface area (Å²) >= 11 is 0. The van der Waals surface area contributed by atoms with Crippen molar-refractivity contribution in [1.29, 1.82) is 5.26 Å². The smallest absolute Gasteiger partial charge is 0.273 e. The van der Waals surface area contributed by atoms with E-state index >= 15 is 0 Å². The van der Waals surface area contributed by atoms with E-state index < -0.39 is 5.54 Å². The first kappa shape index (κ1) is 13.6. The van der Waals surface area contributed by atoms with Crippen molar-refractivity contribution in [3.05, 3.63) is 18.0 Å². The van der Waals surface area contributed by atoms with Crippen LogP contribution in [-0.2, 0) is 7.05 Å². The van der Waals surface area contributed by atoms with Gasteiger partial charge in [-0.1, -0.05) is 19.3 Å². The standard InChI is InChI=1S/C14H20N4O/c1-14(10-15,11-6-4-3-5-7-11)16-13(19)12-8-9-18(2)17-12/h8-9,11H,3-7H2,1-2H3,(H,16,19)/t14-/m1/s1. The van der Waals surface area contributed by atoms with Crippen LogP contribution in [0.5, 0.6) is 0 Å². The lowest BCUT2D eigenvalue weighted by Gasteiger charge is -2.34. The molecule has 1 N–H and O–H groups in total. The molecule has 102 valence electrons. The van der Waals surface area contributed by atoms with Crippen LogP contribution in [0.25, 0.3) is 0 Å². The van der Waals surface area contributed by atoms with Crippen LogP contribution in [0.1, 0.15) is 49.5 Å². The van der Waals surface area contributed by atoms with Gasteiger partial charge in [0.2, 0.25) is 0 Å². The Hall–Kier alpha value is -1.83. The van der Waals surface area contributed by atoms with Crippen molar-refractivity contribution in [3.8, 4) is 6.07 Å². The predicted octanol–water partition coefficient (Wildman–Crippen LogP) is 2.01. The zero-order valence-electron chi connectivity index (χ0n) is 11.5. The van der Waals surface area contributed by atoms with Crippen molar-refractivity contribution >= 4 is 5.91 Å². The van der Waals surface area contributed by atoms with Gasteiger partial charge in [0.05, 0.1) is 6.07 Å². The summed E-state index contributed by atoms with van der Waals surface area (Å²) in [6.07, 6.45) is 7.24. The lowest BCUT2D eigenvalue weighted by molar-refractivity contribution is 0.0880. The van der Waals surface area contributed by atoms with Gasteiger partial charge >= 0.3 is 0 Å². The minimum atomic E-state index is -0.797. The molecule has 0 aromatic carbocycles. The molecule has 1 amide bonds. The van der Waals surface area contributed by atoms with Gasteiger partial charge in [-0.2, -0.15) is 10.4 Å². The minimum absolute atomic E-state index is 0.235. The largest absolute Gasteiger partial charge is 0.332 e. The van der Waals surface area contributed by atoms with Gasteiger partial charge in [0, 0.05) is 13.2 Å². The number of aryl methyl sites for hydroxylation is 1. The topological polar surface area (TPSA) is 70.7 Å². The number of nitrogens with one attached hydrogen (secondary N) is 1. The van der Waals surface area contributed by atoms with Crippen molar-refractivity contribution in [2.24, 2.45) is 13.0 Å². The number of hydrogen-bond donors (Lipinski definition) is 1. The Kier molecular flexibility index (Phi) is 3.89. The van der Waals surface area contributed by atoms with Crippen molar-refractivity contribution < 1.29 is 4.79 Å². The van der Waals surface area contributed by atoms with E-state index in [1.54, 1.807) is 24.0 Å². The van der Waals surface area contributed by atoms with Crippen LogP contribution in [0.4, 0.5) is 0 Å². The molecule has 5 nitrogen and oxygen atoms in total. The molecule has 0 spiro atoms. The van der Waals surface area contributed by atoms with E-state index in [2.05, 4.69) is 16.5 Å². The maximum Gasteiger partial charge on any atom is 0.273 e. The number of nitriles is 1. The molecule has 1 aromatic heterocycles. The first-order valence-electron chi connectivity index (χ1n) is 6.78. The Morgan fingerprint density at radius 3 is 2.74 bits per heavy atom. The second-order valence-corrected chi connectivity index (χ2v) is 5.48. The SMILES string of the molecule is Cn1ccc(C(=O)N[C@](C)(C#N)C2CCCCC2)n1. The summed E-state index contributed by atoms with van der Waals surface area (Å²) in [7, 11) is 1.77. The molecule has 1 fully saturated rings. The highest BCUT2D eigenvalue weighted by atomic mass is 16.2. The monoisotopic (exact) mass is 260 g/mol. The fourth-order valence-corrected chi connectivity index (χ4v) is 2.74. The van der Waals surface area contributed by atoms with Crippen LogP contribution in [0.3, 0.4) is 0 Å². The predicted molar refractivity (Wildman–Crippen MR) is 71.3 cm³/mol. The van der Waals surface area contributed by atoms with Crippen molar-refractivity contribution in [2.45, 2.75) is 44.6 Å². The second-order valence-electron chi connectivity index (χ2n) is 5.48. The molecule has 1 heterocycles. The summed E-state index contributed by atoms with van der Waals surface area (Å²) in [6.45, 7) is 1.82. The Labute approximate surface area is 113 Å². The van der Waals surface area contributed by atoms with Crippen LogP contribution < -0.4 is 5.32 Å². The fraction of sp³-hybridized carbons (Fsp3) is 0.643. The highest BCUT2D eigenvalue weighted by Gasteiger charge is 2.37. The van der Waals surface area contributed by atoms with Gasteiger partial charge in [0.15, 0.2) is 0 Å². The van der Waals surface area contributed by atoms with Gasteiger partial charge in [0.25, 0.3) is 5.91 Å². The number of carbonyl (C=O) groups excluding carboxylic acids is 1. The number of nitrogens with zero attached hydrogens (tertiary/aromatic N) is 3.